The Morgan fingerprint density at radius 1 is 1.56 bits per heavy atom. The highest BCUT2D eigenvalue weighted by atomic mass is 16.5. The summed E-state index contributed by atoms with van der Waals surface area (Å²) in [7, 11) is 1.34. The number of carbonyl (C=O) groups is 1. The van der Waals surface area contributed by atoms with Crippen LogP contribution < -0.4 is 5.73 Å². The van der Waals surface area contributed by atoms with E-state index in [1.165, 1.54) is 7.11 Å². The standard InChI is InChI=1S/C13H17NO4/c1-17-12(16)4-5-18-13-10-7-9(15)3-2-8(10)6-11(13)14/h2-3,7,11,13,15H,4-6,14H2,1H3. The van der Waals surface area contributed by atoms with Crippen LogP contribution in [0.1, 0.15) is 23.7 Å². The van der Waals surface area contributed by atoms with Gasteiger partial charge in [-0.25, -0.2) is 0 Å². The van der Waals surface area contributed by atoms with E-state index in [9.17, 15) is 9.90 Å². The van der Waals surface area contributed by atoms with Crippen LogP contribution in [-0.4, -0.2) is 30.8 Å². The molecule has 2 unspecified atom stereocenters. The fraction of sp³-hybridized carbons (Fsp3) is 0.462. The van der Waals surface area contributed by atoms with Crippen LogP contribution in [0.25, 0.3) is 0 Å². The Morgan fingerprint density at radius 3 is 3.06 bits per heavy atom. The summed E-state index contributed by atoms with van der Waals surface area (Å²) >= 11 is 0. The SMILES string of the molecule is COC(=O)CCOC1c2cc(O)ccc2CC1N. The number of fused-ring (bicyclic) bond motifs is 1. The number of hydrogen-bond acceptors (Lipinski definition) is 5. The van der Waals surface area contributed by atoms with E-state index in [-0.39, 0.29) is 36.9 Å². The van der Waals surface area contributed by atoms with E-state index in [0.717, 1.165) is 17.5 Å². The van der Waals surface area contributed by atoms with Gasteiger partial charge in [0, 0.05) is 6.04 Å². The van der Waals surface area contributed by atoms with Crippen molar-refractivity contribution in [2.45, 2.75) is 25.0 Å². The van der Waals surface area contributed by atoms with Crippen molar-refractivity contribution in [3.63, 3.8) is 0 Å². The molecule has 0 heterocycles. The van der Waals surface area contributed by atoms with Crippen LogP contribution in [0.15, 0.2) is 18.2 Å². The molecule has 3 N–H and O–H groups in total. The second-order valence-electron chi connectivity index (χ2n) is 4.37. The fourth-order valence-electron chi connectivity index (χ4n) is 2.21. The van der Waals surface area contributed by atoms with E-state index in [0.29, 0.717) is 0 Å². The van der Waals surface area contributed by atoms with Crippen LogP contribution in [0.5, 0.6) is 5.75 Å². The van der Waals surface area contributed by atoms with Gasteiger partial charge < -0.3 is 20.3 Å². The summed E-state index contributed by atoms with van der Waals surface area (Å²) in [6, 6.07) is 5.03. The first kappa shape index (κ1) is 12.9. The van der Waals surface area contributed by atoms with Gasteiger partial charge in [0.2, 0.25) is 0 Å². The number of ether oxygens (including phenoxy) is 2. The van der Waals surface area contributed by atoms with Gasteiger partial charge in [-0.05, 0) is 29.7 Å². The lowest BCUT2D eigenvalue weighted by Gasteiger charge is -2.17. The Morgan fingerprint density at radius 2 is 2.33 bits per heavy atom. The fourth-order valence-corrected chi connectivity index (χ4v) is 2.21. The molecule has 0 fully saturated rings. The summed E-state index contributed by atoms with van der Waals surface area (Å²) < 4.78 is 10.2. The third-order valence-electron chi connectivity index (χ3n) is 3.11. The number of esters is 1. The highest BCUT2D eigenvalue weighted by molar-refractivity contribution is 5.69. The van der Waals surface area contributed by atoms with E-state index in [2.05, 4.69) is 4.74 Å². The Hall–Kier alpha value is -1.59. The molecule has 98 valence electrons. The van der Waals surface area contributed by atoms with Gasteiger partial charge in [-0.2, -0.15) is 0 Å². The molecule has 2 atom stereocenters. The molecule has 1 aliphatic carbocycles. The van der Waals surface area contributed by atoms with Crippen LogP contribution in [0.4, 0.5) is 0 Å². The van der Waals surface area contributed by atoms with Crippen LogP contribution in [0, 0.1) is 0 Å². The van der Waals surface area contributed by atoms with E-state index in [1.54, 1.807) is 12.1 Å². The first-order chi connectivity index (χ1) is 8.61. The molecular formula is C13H17NO4. The van der Waals surface area contributed by atoms with Gasteiger partial charge in [0.15, 0.2) is 0 Å². The second kappa shape index (κ2) is 5.37. The minimum atomic E-state index is -0.308. The van der Waals surface area contributed by atoms with Crippen molar-refractivity contribution in [3.05, 3.63) is 29.3 Å². The highest BCUT2D eigenvalue weighted by Gasteiger charge is 2.30. The number of benzene rings is 1. The molecule has 0 bridgehead atoms. The second-order valence-corrected chi connectivity index (χ2v) is 4.37. The number of nitrogens with two attached hydrogens (primary N) is 1. The number of phenolic OH excluding ortho intramolecular Hbond substituents is 1. The monoisotopic (exact) mass is 251 g/mol. The van der Waals surface area contributed by atoms with Crippen LogP contribution >= 0.6 is 0 Å². The Bertz CT molecular complexity index is 447. The molecule has 0 radical (unpaired) electrons. The summed E-state index contributed by atoms with van der Waals surface area (Å²) in [4.78, 5) is 11.0. The molecule has 2 rings (SSSR count). The molecule has 0 aromatic heterocycles. The molecule has 1 aromatic rings. The molecular weight excluding hydrogens is 234 g/mol. The Kier molecular flexibility index (Phi) is 3.84. The zero-order chi connectivity index (χ0) is 13.1. The molecule has 0 saturated carbocycles. The average molecular weight is 251 g/mol. The normalized spacial score (nSPS) is 21.7. The number of hydrogen-bond donors (Lipinski definition) is 2. The number of methoxy groups -OCH3 is 1. The van der Waals surface area contributed by atoms with E-state index in [4.69, 9.17) is 10.5 Å². The van der Waals surface area contributed by atoms with Crippen molar-refractivity contribution < 1.29 is 19.4 Å². The van der Waals surface area contributed by atoms with Crippen molar-refractivity contribution in [1.82, 2.24) is 0 Å². The first-order valence-electron chi connectivity index (χ1n) is 5.87. The van der Waals surface area contributed by atoms with E-state index < -0.39 is 0 Å². The van der Waals surface area contributed by atoms with Crippen LogP contribution in [-0.2, 0) is 20.7 Å². The lowest BCUT2D eigenvalue weighted by atomic mass is 10.1. The lowest BCUT2D eigenvalue weighted by Crippen LogP contribution is -2.27. The van der Waals surface area contributed by atoms with Gasteiger partial charge in [0.1, 0.15) is 5.75 Å². The van der Waals surface area contributed by atoms with Gasteiger partial charge >= 0.3 is 5.97 Å². The molecule has 0 spiro atoms. The molecule has 18 heavy (non-hydrogen) atoms. The largest absolute Gasteiger partial charge is 0.508 e. The lowest BCUT2D eigenvalue weighted by molar-refractivity contribution is -0.142. The zero-order valence-corrected chi connectivity index (χ0v) is 10.3. The van der Waals surface area contributed by atoms with Crippen molar-refractivity contribution in [2.24, 2.45) is 5.73 Å². The zero-order valence-electron chi connectivity index (χ0n) is 10.3. The summed E-state index contributed by atoms with van der Waals surface area (Å²) in [6.07, 6.45) is 0.656. The smallest absolute Gasteiger partial charge is 0.307 e. The number of phenols is 1. The Labute approximate surface area is 106 Å². The molecule has 0 saturated heterocycles. The van der Waals surface area contributed by atoms with Gasteiger partial charge in [0.05, 0.1) is 26.2 Å². The predicted octanol–water partition coefficient (Wildman–Crippen LogP) is 0.896. The van der Waals surface area contributed by atoms with Gasteiger partial charge in [0.25, 0.3) is 0 Å². The Balaban J connectivity index is 2.01. The highest BCUT2D eigenvalue weighted by Crippen LogP contribution is 2.35. The molecule has 5 heteroatoms. The third-order valence-corrected chi connectivity index (χ3v) is 3.11. The van der Waals surface area contributed by atoms with Crippen molar-refractivity contribution in [1.29, 1.82) is 0 Å². The van der Waals surface area contributed by atoms with Crippen LogP contribution in [0.3, 0.4) is 0 Å². The van der Waals surface area contributed by atoms with Crippen molar-refractivity contribution >= 4 is 5.97 Å². The number of aromatic hydroxyl groups is 1. The van der Waals surface area contributed by atoms with Crippen molar-refractivity contribution in [2.75, 3.05) is 13.7 Å². The quantitative estimate of drug-likeness (QED) is 0.777. The molecule has 0 amide bonds. The van der Waals surface area contributed by atoms with Crippen molar-refractivity contribution in [3.8, 4) is 5.75 Å². The number of carbonyl (C=O) groups excluding carboxylic acids is 1. The predicted molar refractivity (Wildman–Crippen MR) is 65.1 cm³/mol. The minimum absolute atomic E-state index is 0.139. The van der Waals surface area contributed by atoms with Gasteiger partial charge in [-0.15, -0.1) is 0 Å². The first-order valence-corrected chi connectivity index (χ1v) is 5.87. The topological polar surface area (TPSA) is 81.8 Å². The maximum atomic E-state index is 11.0. The third kappa shape index (κ3) is 2.63. The molecule has 1 aromatic carbocycles. The van der Waals surface area contributed by atoms with E-state index >= 15 is 0 Å². The average Bonchev–Trinajstić information content (AvgIpc) is 2.65. The molecule has 0 aliphatic heterocycles. The maximum absolute atomic E-state index is 11.0. The summed E-state index contributed by atoms with van der Waals surface area (Å²) in [5.74, 6) is -0.109. The maximum Gasteiger partial charge on any atom is 0.307 e. The number of rotatable bonds is 4. The molecule has 1 aliphatic rings. The van der Waals surface area contributed by atoms with Crippen LogP contribution in [0.2, 0.25) is 0 Å². The van der Waals surface area contributed by atoms with Gasteiger partial charge in [-0.3, -0.25) is 4.79 Å². The summed E-state index contributed by atoms with van der Waals surface area (Å²) in [5, 5.41) is 9.48. The van der Waals surface area contributed by atoms with Gasteiger partial charge in [-0.1, -0.05) is 6.07 Å². The van der Waals surface area contributed by atoms with E-state index in [1.807, 2.05) is 6.07 Å². The summed E-state index contributed by atoms with van der Waals surface area (Å²) in [6.45, 7) is 0.264. The summed E-state index contributed by atoms with van der Waals surface area (Å²) in [5.41, 5.74) is 8.00. The minimum Gasteiger partial charge on any atom is -0.508 e. The molecule has 5 nitrogen and oxygen atoms in total.